The third-order valence-electron chi connectivity index (χ3n) is 3.19. The first-order valence-corrected chi connectivity index (χ1v) is 7.34. The first-order chi connectivity index (χ1) is 9.17. The lowest BCUT2D eigenvalue weighted by Gasteiger charge is -2.11. The molecule has 0 spiro atoms. The second-order valence-corrected chi connectivity index (χ2v) is 5.52. The molecule has 2 heterocycles. The summed E-state index contributed by atoms with van der Waals surface area (Å²) in [6.07, 6.45) is 2.85. The minimum atomic E-state index is 0.0472. The molecule has 0 aliphatic carbocycles. The van der Waals surface area contributed by atoms with Gasteiger partial charge in [0.2, 0.25) is 0 Å². The van der Waals surface area contributed by atoms with Gasteiger partial charge in [-0.05, 0) is 12.8 Å². The zero-order chi connectivity index (χ0) is 13.8. The molecule has 0 aromatic carbocycles. The van der Waals surface area contributed by atoms with Crippen LogP contribution in [0, 0.1) is 0 Å². The Morgan fingerprint density at radius 1 is 1.63 bits per heavy atom. The highest BCUT2D eigenvalue weighted by molar-refractivity contribution is 7.19. The van der Waals surface area contributed by atoms with Crippen molar-refractivity contribution >= 4 is 27.8 Å². The van der Waals surface area contributed by atoms with E-state index in [9.17, 15) is 4.79 Å². The van der Waals surface area contributed by atoms with Crippen molar-refractivity contribution in [1.29, 1.82) is 0 Å². The Morgan fingerprint density at radius 3 is 3.00 bits per heavy atom. The summed E-state index contributed by atoms with van der Waals surface area (Å²) in [5, 5.41) is 4.09. The van der Waals surface area contributed by atoms with Crippen molar-refractivity contribution in [3.05, 3.63) is 4.88 Å². The van der Waals surface area contributed by atoms with E-state index in [1.807, 2.05) is 6.92 Å². The van der Waals surface area contributed by atoms with E-state index < -0.39 is 0 Å². The maximum absolute atomic E-state index is 11.8. The van der Waals surface area contributed by atoms with Crippen molar-refractivity contribution in [1.82, 2.24) is 0 Å². The number of methoxy groups -OCH3 is 1. The highest BCUT2D eigenvalue weighted by Crippen LogP contribution is 2.43. The molecule has 3 N–H and O–H groups in total. The van der Waals surface area contributed by atoms with Gasteiger partial charge >= 0.3 is 0 Å². The molecule has 5 nitrogen and oxygen atoms in total. The molecule has 1 aromatic rings. The molecule has 1 aromatic heterocycles. The molecular weight excluding hydrogens is 264 g/mol. The van der Waals surface area contributed by atoms with Crippen LogP contribution in [0.2, 0.25) is 0 Å². The van der Waals surface area contributed by atoms with Crippen LogP contribution in [0.5, 0.6) is 5.75 Å². The summed E-state index contributed by atoms with van der Waals surface area (Å²) in [6, 6.07) is 0. The fraction of sp³-hybridized carbons (Fsp3) is 0.615. The minimum Gasteiger partial charge on any atom is -0.492 e. The summed E-state index contributed by atoms with van der Waals surface area (Å²) in [5.41, 5.74) is 6.41. The molecule has 1 aliphatic rings. The average molecular weight is 284 g/mol. The van der Waals surface area contributed by atoms with Crippen molar-refractivity contribution in [2.45, 2.75) is 32.3 Å². The lowest BCUT2D eigenvalue weighted by molar-refractivity contribution is 0.0992. The molecule has 1 atom stereocenters. The molecule has 1 fully saturated rings. The van der Waals surface area contributed by atoms with Gasteiger partial charge in [0.25, 0.3) is 0 Å². The largest absolute Gasteiger partial charge is 0.492 e. The van der Waals surface area contributed by atoms with Gasteiger partial charge in [-0.3, -0.25) is 4.79 Å². The van der Waals surface area contributed by atoms with Crippen LogP contribution >= 0.6 is 11.3 Å². The van der Waals surface area contributed by atoms with Crippen LogP contribution in [0.15, 0.2) is 0 Å². The van der Waals surface area contributed by atoms with Gasteiger partial charge in [-0.2, -0.15) is 0 Å². The fourth-order valence-electron chi connectivity index (χ4n) is 2.13. The molecule has 19 heavy (non-hydrogen) atoms. The number of anilines is 2. The van der Waals surface area contributed by atoms with Crippen molar-refractivity contribution in [2.24, 2.45) is 0 Å². The Balaban J connectivity index is 2.12. The molecular formula is C13H20N2O3S. The molecule has 1 aliphatic heterocycles. The normalized spacial score (nSPS) is 18.5. The first kappa shape index (κ1) is 14.1. The SMILES string of the molecule is CCC(=O)c1sc(NCC2CCCO2)c(OC)c1N. The summed E-state index contributed by atoms with van der Waals surface area (Å²) in [5.74, 6) is 0.616. The third kappa shape index (κ3) is 3.01. The zero-order valence-electron chi connectivity index (χ0n) is 11.3. The summed E-state index contributed by atoms with van der Waals surface area (Å²) in [4.78, 5) is 12.4. The Labute approximate surface area is 117 Å². The number of rotatable bonds is 6. The molecule has 1 saturated heterocycles. The van der Waals surface area contributed by atoms with E-state index in [2.05, 4.69) is 5.32 Å². The highest BCUT2D eigenvalue weighted by atomic mass is 32.1. The van der Waals surface area contributed by atoms with Crippen LogP contribution in [-0.2, 0) is 4.74 Å². The predicted octanol–water partition coefficient (Wildman–Crippen LogP) is 2.52. The number of nitrogen functional groups attached to an aromatic ring is 1. The van der Waals surface area contributed by atoms with Gasteiger partial charge < -0.3 is 20.5 Å². The van der Waals surface area contributed by atoms with Gasteiger partial charge in [-0.25, -0.2) is 0 Å². The van der Waals surface area contributed by atoms with Crippen LogP contribution in [0.3, 0.4) is 0 Å². The van der Waals surface area contributed by atoms with Gasteiger partial charge in [0.1, 0.15) is 5.00 Å². The number of hydrogen-bond donors (Lipinski definition) is 2. The maximum Gasteiger partial charge on any atom is 0.176 e. The molecule has 1 unspecified atom stereocenters. The monoisotopic (exact) mass is 284 g/mol. The number of ketones is 1. The number of Topliss-reactive ketones (excluding diaryl/α,β-unsaturated/α-hetero) is 1. The smallest absolute Gasteiger partial charge is 0.176 e. The summed E-state index contributed by atoms with van der Waals surface area (Å²) in [7, 11) is 1.57. The Hall–Kier alpha value is -1.27. The Morgan fingerprint density at radius 2 is 2.42 bits per heavy atom. The number of carbonyl (C=O) groups excluding carboxylic acids is 1. The molecule has 0 saturated carbocycles. The van der Waals surface area contributed by atoms with Crippen molar-refractivity contribution in [2.75, 3.05) is 31.3 Å². The standard InChI is InChI=1S/C13H20N2O3S/c1-3-9(16)12-10(14)11(17-2)13(19-12)15-7-8-5-4-6-18-8/h8,15H,3-7,14H2,1-2H3. The number of carbonyl (C=O) groups is 1. The molecule has 106 valence electrons. The van der Waals surface area contributed by atoms with E-state index in [0.717, 1.165) is 31.0 Å². The Kier molecular flexibility index (Phi) is 4.66. The number of nitrogens with one attached hydrogen (secondary N) is 1. The Bertz CT molecular complexity index is 453. The predicted molar refractivity (Wildman–Crippen MR) is 77.4 cm³/mol. The van der Waals surface area contributed by atoms with E-state index in [1.165, 1.54) is 11.3 Å². The van der Waals surface area contributed by atoms with Crippen LogP contribution in [0.1, 0.15) is 35.9 Å². The number of thiophene rings is 1. The first-order valence-electron chi connectivity index (χ1n) is 6.52. The lowest BCUT2D eigenvalue weighted by Crippen LogP contribution is -2.18. The fourth-order valence-corrected chi connectivity index (χ4v) is 3.23. The average Bonchev–Trinajstić information content (AvgIpc) is 3.03. The minimum absolute atomic E-state index is 0.0472. The van der Waals surface area contributed by atoms with Crippen LogP contribution in [0.4, 0.5) is 10.7 Å². The maximum atomic E-state index is 11.8. The van der Waals surface area contributed by atoms with Gasteiger partial charge in [0.15, 0.2) is 11.5 Å². The summed E-state index contributed by atoms with van der Waals surface area (Å²) < 4.78 is 10.9. The van der Waals surface area contributed by atoms with E-state index >= 15 is 0 Å². The van der Waals surface area contributed by atoms with Gasteiger partial charge in [0.05, 0.1) is 23.8 Å². The number of ether oxygens (including phenoxy) is 2. The molecule has 6 heteroatoms. The van der Waals surface area contributed by atoms with Crippen molar-refractivity contribution < 1.29 is 14.3 Å². The highest BCUT2D eigenvalue weighted by Gasteiger charge is 2.22. The summed E-state index contributed by atoms with van der Waals surface area (Å²) in [6.45, 7) is 3.37. The number of hydrogen-bond acceptors (Lipinski definition) is 6. The van der Waals surface area contributed by atoms with E-state index in [-0.39, 0.29) is 11.9 Å². The van der Waals surface area contributed by atoms with Crippen LogP contribution < -0.4 is 15.8 Å². The second kappa shape index (κ2) is 6.25. The van der Waals surface area contributed by atoms with Crippen LogP contribution in [-0.4, -0.2) is 32.1 Å². The molecule has 0 radical (unpaired) electrons. The molecule has 0 bridgehead atoms. The number of nitrogens with two attached hydrogens (primary N) is 1. The van der Waals surface area contributed by atoms with Gasteiger partial charge in [0, 0.05) is 19.6 Å². The third-order valence-corrected chi connectivity index (χ3v) is 4.38. The molecule has 0 amide bonds. The zero-order valence-corrected chi connectivity index (χ0v) is 12.1. The quantitative estimate of drug-likeness (QED) is 0.785. The topological polar surface area (TPSA) is 73.6 Å². The molecule has 2 rings (SSSR count). The summed E-state index contributed by atoms with van der Waals surface area (Å²) >= 11 is 1.36. The van der Waals surface area contributed by atoms with Gasteiger partial charge in [-0.15, -0.1) is 11.3 Å². The van der Waals surface area contributed by atoms with Crippen molar-refractivity contribution in [3.63, 3.8) is 0 Å². The van der Waals surface area contributed by atoms with Gasteiger partial charge in [-0.1, -0.05) is 6.92 Å². The van der Waals surface area contributed by atoms with E-state index in [1.54, 1.807) is 7.11 Å². The van der Waals surface area contributed by atoms with Crippen molar-refractivity contribution in [3.8, 4) is 5.75 Å². The van der Waals surface area contributed by atoms with E-state index in [4.69, 9.17) is 15.2 Å². The van der Waals surface area contributed by atoms with Crippen LogP contribution in [0.25, 0.3) is 0 Å². The second-order valence-electron chi connectivity index (χ2n) is 4.50. The van der Waals surface area contributed by atoms with E-state index in [0.29, 0.717) is 22.7 Å². The lowest BCUT2D eigenvalue weighted by atomic mass is 10.2.